The van der Waals surface area contributed by atoms with E-state index in [9.17, 15) is 8.78 Å². The van der Waals surface area contributed by atoms with E-state index in [-0.39, 0.29) is 12.0 Å². The van der Waals surface area contributed by atoms with Gasteiger partial charge in [-0.15, -0.1) is 0 Å². The SMILES string of the molecule is COc1cccc(F)c1-c1ccc(CC(O)F)cn1. The van der Waals surface area contributed by atoms with Crippen LogP contribution in [-0.4, -0.2) is 23.6 Å². The standard InChI is InChI=1S/C14H13F2NO2/c1-19-12-4-2-3-10(15)14(12)11-6-5-9(8-17-11)7-13(16)18/h2-6,8,13,18H,7H2,1H3. The number of nitrogens with zero attached hydrogens (tertiary/aromatic N) is 1. The third kappa shape index (κ3) is 3.06. The first-order chi connectivity index (χ1) is 9.11. The molecule has 1 N–H and O–H groups in total. The molecular weight excluding hydrogens is 252 g/mol. The Morgan fingerprint density at radius 2 is 2.11 bits per heavy atom. The van der Waals surface area contributed by atoms with Crippen LogP contribution in [0.2, 0.25) is 0 Å². The summed E-state index contributed by atoms with van der Waals surface area (Å²) in [4.78, 5) is 4.07. The second kappa shape index (κ2) is 5.75. The lowest BCUT2D eigenvalue weighted by Gasteiger charge is -2.09. The van der Waals surface area contributed by atoms with Crippen LogP contribution in [0.25, 0.3) is 11.3 Å². The van der Waals surface area contributed by atoms with Gasteiger partial charge in [-0.1, -0.05) is 12.1 Å². The van der Waals surface area contributed by atoms with Gasteiger partial charge in [-0.3, -0.25) is 4.98 Å². The highest BCUT2D eigenvalue weighted by Crippen LogP contribution is 2.31. The number of methoxy groups -OCH3 is 1. The van der Waals surface area contributed by atoms with E-state index in [1.54, 1.807) is 24.3 Å². The third-order valence-electron chi connectivity index (χ3n) is 2.68. The lowest BCUT2D eigenvalue weighted by molar-refractivity contribution is 0.0429. The van der Waals surface area contributed by atoms with Crippen molar-refractivity contribution >= 4 is 0 Å². The zero-order valence-corrected chi connectivity index (χ0v) is 10.3. The van der Waals surface area contributed by atoms with Gasteiger partial charge in [-0.05, 0) is 23.8 Å². The van der Waals surface area contributed by atoms with E-state index in [4.69, 9.17) is 9.84 Å². The molecule has 0 fully saturated rings. The van der Waals surface area contributed by atoms with Crippen LogP contribution in [0.1, 0.15) is 5.56 Å². The average molecular weight is 265 g/mol. The van der Waals surface area contributed by atoms with Crippen molar-refractivity contribution < 1.29 is 18.6 Å². The highest BCUT2D eigenvalue weighted by atomic mass is 19.1. The maximum atomic E-state index is 13.8. The molecule has 5 heteroatoms. The molecule has 1 aromatic carbocycles. The minimum Gasteiger partial charge on any atom is -0.496 e. The van der Waals surface area contributed by atoms with Gasteiger partial charge < -0.3 is 9.84 Å². The van der Waals surface area contributed by atoms with Gasteiger partial charge in [-0.2, -0.15) is 0 Å². The predicted octanol–water partition coefficient (Wildman–Crippen LogP) is 2.73. The maximum Gasteiger partial charge on any atom is 0.200 e. The van der Waals surface area contributed by atoms with Gasteiger partial charge in [0, 0.05) is 12.6 Å². The van der Waals surface area contributed by atoms with Crippen molar-refractivity contribution in [3.05, 3.63) is 47.9 Å². The highest BCUT2D eigenvalue weighted by Gasteiger charge is 2.13. The minimum absolute atomic E-state index is 0.137. The Labute approximate surface area is 109 Å². The number of halogens is 2. The summed E-state index contributed by atoms with van der Waals surface area (Å²) < 4.78 is 31.4. The van der Waals surface area contributed by atoms with Gasteiger partial charge in [0.1, 0.15) is 11.6 Å². The molecule has 0 spiro atoms. The van der Waals surface area contributed by atoms with Crippen molar-refractivity contribution in [1.82, 2.24) is 4.98 Å². The van der Waals surface area contributed by atoms with Gasteiger partial charge in [-0.25, -0.2) is 8.78 Å². The molecule has 0 saturated heterocycles. The molecule has 0 radical (unpaired) electrons. The lowest BCUT2D eigenvalue weighted by atomic mass is 10.1. The van der Waals surface area contributed by atoms with Gasteiger partial charge >= 0.3 is 0 Å². The molecule has 0 amide bonds. The molecule has 2 aromatic rings. The molecular formula is C14H13F2NO2. The fraction of sp³-hybridized carbons (Fsp3) is 0.214. The number of alkyl halides is 1. The topological polar surface area (TPSA) is 42.4 Å². The molecule has 1 aromatic heterocycles. The Balaban J connectivity index is 2.37. The van der Waals surface area contributed by atoms with E-state index < -0.39 is 12.2 Å². The first-order valence-electron chi connectivity index (χ1n) is 5.71. The number of aromatic nitrogens is 1. The van der Waals surface area contributed by atoms with E-state index in [1.807, 2.05) is 0 Å². The summed E-state index contributed by atoms with van der Waals surface area (Å²) >= 11 is 0. The Morgan fingerprint density at radius 1 is 1.32 bits per heavy atom. The molecule has 1 unspecified atom stereocenters. The van der Waals surface area contributed by atoms with E-state index >= 15 is 0 Å². The largest absolute Gasteiger partial charge is 0.496 e. The van der Waals surface area contributed by atoms with Crippen molar-refractivity contribution in [1.29, 1.82) is 0 Å². The molecule has 0 aliphatic carbocycles. The van der Waals surface area contributed by atoms with Crippen LogP contribution in [0.4, 0.5) is 8.78 Å². The molecule has 100 valence electrons. The number of hydrogen-bond donors (Lipinski definition) is 1. The summed E-state index contributed by atoms with van der Waals surface area (Å²) in [6.07, 6.45) is -0.651. The fourth-order valence-corrected chi connectivity index (χ4v) is 1.81. The smallest absolute Gasteiger partial charge is 0.200 e. The second-order valence-corrected chi connectivity index (χ2v) is 4.01. The summed E-state index contributed by atoms with van der Waals surface area (Å²) in [7, 11) is 1.45. The minimum atomic E-state index is -1.92. The Bertz CT molecular complexity index is 556. The number of benzene rings is 1. The summed E-state index contributed by atoms with van der Waals surface area (Å²) in [5.41, 5.74) is 1.19. The molecule has 3 nitrogen and oxygen atoms in total. The summed E-state index contributed by atoms with van der Waals surface area (Å²) in [6.45, 7) is 0. The molecule has 2 rings (SSSR count). The van der Waals surface area contributed by atoms with Crippen molar-refractivity contribution in [2.75, 3.05) is 7.11 Å². The number of pyridine rings is 1. The zero-order valence-electron chi connectivity index (χ0n) is 10.3. The van der Waals surface area contributed by atoms with Crippen molar-refractivity contribution in [3.63, 3.8) is 0 Å². The highest BCUT2D eigenvalue weighted by molar-refractivity contribution is 5.67. The van der Waals surface area contributed by atoms with Crippen LogP contribution in [0.5, 0.6) is 5.75 Å². The zero-order chi connectivity index (χ0) is 13.8. The fourth-order valence-electron chi connectivity index (χ4n) is 1.81. The Kier molecular flexibility index (Phi) is 4.06. The number of ether oxygens (including phenoxy) is 1. The number of rotatable bonds is 4. The van der Waals surface area contributed by atoms with Crippen LogP contribution >= 0.6 is 0 Å². The third-order valence-corrected chi connectivity index (χ3v) is 2.68. The first-order valence-corrected chi connectivity index (χ1v) is 5.71. The second-order valence-electron chi connectivity index (χ2n) is 4.01. The molecule has 0 saturated carbocycles. The average Bonchev–Trinajstić information content (AvgIpc) is 2.39. The van der Waals surface area contributed by atoms with Crippen LogP contribution in [0, 0.1) is 5.82 Å². The number of aliphatic hydroxyl groups is 1. The monoisotopic (exact) mass is 265 g/mol. The van der Waals surface area contributed by atoms with E-state index in [1.165, 1.54) is 19.4 Å². The van der Waals surface area contributed by atoms with Crippen LogP contribution < -0.4 is 4.74 Å². The molecule has 1 heterocycles. The van der Waals surface area contributed by atoms with E-state index in [2.05, 4.69) is 4.98 Å². The predicted molar refractivity (Wildman–Crippen MR) is 67.0 cm³/mol. The summed E-state index contributed by atoms with van der Waals surface area (Å²) in [6, 6.07) is 7.67. The maximum absolute atomic E-state index is 13.8. The van der Waals surface area contributed by atoms with Crippen LogP contribution in [0.3, 0.4) is 0 Å². The van der Waals surface area contributed by atoms with Gasteiger partial charge in [0.15, 0.2) is 6.36 Å². The first kappa shape index (κ1) is 13.4. The molecule has 0 aliphatic rings. The number of hydrogen-bond acceptors (Lipinski definition) is 3. The summed E-state index contributed by atoms with van der Waals surface area (Å²) in [5, 5.41) is 8.64. The molecule has 19 heavy (non-hydrogen) atoms. The Hall–Kier alpha value is -2.01. The molecule has 0 bridgehead atoms. The van der Waals surface area contributed by atoms with E-state index in [0.717, 1.165) is 0 Å². The van der Waals surface area contributed by atoms with Gasteiger partial charge in [0.05, 0.1) is 18.4 Å². The van der Waals surface area contributed by atoms with Gasteiger partial charge in [0.2, 0.25) is 0 Å². The van der Waals surface area contributed by atoms with Crippen molar-refractivity contribution in [2.45, 2.75) is 12.8 Å². The number of aliphatic hydroxyl groups excluding tert-OH is 1. The summed E-state index contributed by atoms with van der Waals surface area (Å²) in [5.74, 6) is -0.0593. The Morgan fingerprint density at radius 3 is 2.68 bits per heavy atom. The normalized spacial score (nSPS) is 12.2. The van der Waals surface area contributed by atoms with Gasteiger partial charge in [0.25, 0.3) is 0 Å². The lowest BCUT2D eigenvalue weighted by Crippen LogP contribution is -2.03. The van der Waals surface area contributed by atoms with E-state index in [0.29, 0.717) is 17.0 Å². The van der Waals surface area contributed by atoms with Crippen LogP contribution in [0.15, 0.2) is 36.5 Å². The van der Waals surface area contributed by atoms with Crippen molar-refractivity contribution in [2.24, 2.45) is 0 Å². The molecule has 1 atom stereocenters. The van der Waals surface area contributed by atoms with Crippen molar-refractivity contribution in [3.8, 4) is 17.0 Å². The molecule has 0 aliphatic heterocycles. The quantitative estimate of drug-likeness (QED) is 0.924. The van der Waals surface area contributed by atoms with Crippen LogP contribution in [-0.2, 0) is 6.42 Å².